The maximum absolute atomic E-state index is 12.2. The zero-order valence-electron chi connectivity index (χ0n) is 15.1. The monoisotopic (exact) mass is 480 g/mol. The molecule has 2 aromatic rings. The number of rotatable bonds is 7. The minimum absolute atomic E-state index is 0.196. The second-order valence-corrected chi connectivity index (χ2v) is 7.32. The highest BCUT2D eigenvalue weighted by molar-refractivity contribution is 9.11. The predicted octanol–water partition coefficient (Wildman–Crippen LogP) is 5.72. The lowest BCUT2D eigenvalue weighted by atomic mass is 10.2. The van der Waals surface area contributed by atoms with Gasteiger partial charge in [-0.1, -0.05) is 15.9 Å². The molecule has 0 saturated heterocycles. The fraction of sp³-hybridized carbons (Fsp3) is 0.250. The van der Waals surface area contributed by atoms with Crippen molar-refractivity contribution in [2.24, 2.45) is 0 Å². The van der Waals surface area contributed by atoms with Crippen LogP contribution in [0.25, 0.3) is 6.08 Å². The molecule has 0 aromatic heterocycles. The molecule has 26 heavy (non-hydrogen) atoms. The first-order valence-electron chi connectivity index (χ1n) is 8.35. The molecule has 0 heterocycles. The molecule has 6 heteroatoms. The Hall–Kier alpha value is -1.79. The van der Waals surface area contributed by atoms with Crippen molar-refractivity contribution in [3.05, 3.63) is 57.0 Å². The molecule has 0 spiro atoms. The first kappa shape index (κ1) is 20.5. The molecule has 0 radical (unpaired) electrons. The van der Waals surface area contributed by atoms with Crippen LogP contribution < -0.4 is 15.0 Å². The summed E-state index contributed by atoms with van der Waals surface area (Å²) in [6.45, 7) is 6.15. The van der Waals surface area contributed by atoms with Gasteiger partial charge in [0.1, 0.15) is 5.75 Å². The van der Waals surface area contributed by atoms with Crippen molar-refractivity contribution < 1.29 is 9.53 Å². The van der Waals surface area contributed by atoms with E-state index in [-0.39, 0.29) is 5.91 Å². The van der Waals surface area contributed by atoms with Crippen molar-refractivity contribution in [2.75, 3.05) is 30.4 Å². The highest BCUT2D eigenvalue weighted by Crippen LogP contribution is 2.33. The zero-order valence-corrected chi connectivity index (χ0v) is 18.2. The molecule has 2 aromatic carbocycles. The number of carbonyl (C=O) groups is 1. The van der Waals surface area contributed by atoms with Crippen LogP contribution in [0.5, 0.6) is 5.75 Å². The molecule has 0 bridgehead atoms. The number of anilines is 2. The van der Waals surface area contributed by atoms with E-state index >= 15 is 0 Å². The molecular weight excluding hydrogens is 460 g/mol. The van der Waals surface area contributed by atoms with Gasteiger partial charge < -0.3 is 15.0 Å². The van der Waals surface area contributed by atoms with Crippen LogP contribution in [-0.4, -0.2) is 26.1 Å². The van der Waals surface area contributed by atoms with E-state index < -0.39 is 0 Å². The van der Waals surface area contributed by atoms with Gasteiger partial charge in [-0.25, -0.2) is 0 Å². The third-order valence-corrected chi connectivity index (χ3v) is 4.97. The molecule has 4 nitrogen and oxygen atoms in total. The Morgan fingerprint density at radius 3 is 2.38 bits per heavy atom. The fourth-order valence-electron chi connectivity index (χ4n) is 2.61. The molecule has 1 amide bonds. The van der Waals surface area contributed by atoms with Gasteiger partial charge in [0.25, 0.3) is 0 Å². The maximum Gasteiger partial charge on any atom is 0.248 e. The van der Waals surface area contributed by atoms with Crippen LogP contribution in [0.3, 0.4) is 0 Å². The number of ether oxygens (including phenoxy) is 1. The minimum Gasteiger partial charge on any atom is -0.495 e. The van der Waals surface area contributed by atoms with E-state index in [1.165, 1.54) is 6.08 Å². The third kappa shape index (κ3) is 5.35. The standard InChI is InChI=1S/C20H22Br2N2O2/c1-4-24(5-2)17-9-7-16(8-10-17)23-19(25)11-6-14-12-15(21)13-18(22)20(14)26-3/h6-13H,4-5H2,1-3H3,(H,23,25)/b11-6+. The second kappa shape index (κ2) is 9.78. The predicted molar refractivity (Wildman–Crippen MR) is 116 cm³/mol. The highest BCUT2D eigenvalue weighted by atomic mass is 79.9. The Balaban J connectivity index is 2.08. The number of benzene rings is 2. The Morgan fingerprint density at radius 2 is 1.81 bits per heavy atom. The molecule has 0 aliphatic rings. The summed E-state index contributed by atoms with van der Waals surface area (Å²) in [5.41, 5.74) is 2.71. The summed E-state index contributed by atoms with van der Waals surface area (Å²) in [5, 5.41) is 2.87. The molecule has 0 fully saturated rings. The van der Waals surface area contributed by atoms with Crippen molar-refractivity contribution in [1.29, 1.82) is 0 Å². The number of carbonyl (C=O) groups excluding carboxylic acids is 1. The number of halogens is 2. The van der Waals surface area contributed by atoms with Gasteiger partial charge in [0.15, 0.2) is 0 Å². The topological polar surface area (TPSA) is 41.6 Å². The highest BCUT2D eigenvalue weighted by Gasteiger charge is 2.08. The lowest BCUT2D eigenvalue weighted by Gasteiger charge is -2.21. The Labute approximate surface area is 171 Å². The van der Waals surface area contributed by atoms with Crippen molar-refractivity contribution in [3.8, 4) is 5.75 Å². The first-order chi connectivity index (χ1) is 12.5. The molecule has 138 valence electrons. The average molecular weight is 482 g/mol. The number of hydrogen-bond acceptors (Lipinski definition) is 3. The molecular formula is C20H22Br2N2O2. The molecule has 1 N–H and O–H groups in total. The van der Waals surface area contributed by atoms with Gasteiger partial charge in [-0.2, -0.15) is 0 Å². The molecule has 0 atom stereocenters. The summed E-state index contributed by atoms with van der Waals surface area (Å²) in [4.78, 5) is 14.5. The quantitative estimate of drug-likeness (QED) is 0.514. The van der Waals surface area contributed by atoms with Crippen LogP contribution in [0.15, 0.2) is 51.4 Å². The summed E-state index contributed by atoms with van der Waals surface area (Å²) in [6.07, 6.45) is 3.23. The van der Waals surface area contributed by atoms with E-state index in [0.717, 1.165) is 39.0 Å². The molecule has 2 rings (SSSR count). The van der Waals surface area contributed by atoms with Gasteiger partial charge in [-0.05, 0) is 72.3 Å². The molecule has 0 aliphatic heterocycles. The molecule has 0 saturated carbocycles. The van der Waals surface area contributed by atoms with E-state index in [9.17, 15) is 4.79 Å². The van der Waals surface area contributed by atoms with Gasteiger partial charge in [-0.3, -0.25) is 4.79 Å². The zero-order chi connectivity index (χ0) is 19.1. The van der Waals surface area contributed by atoms with E-state index in [1.54, 1.807) is 13.2 Å². The summed E-state index contributed by atoms with van der Waals surface area (Å²) >= 11 is 6.90. The normalized spacial score (nSPS) is 10.8. The summed E-state index contributed by atoms with van der Waals surface area (Å²) in [5.74, 6) is 0.486. The fourth-order valence-corrected chi connectivity index (χ4v) is 4.03. The largest absolute Gasteiger partial charge is 0.495 e. The number of amides is 1. The summed E-state index contributed by atoms with van der Waals surface area (Å²) in [7, 11) is 1.60. The van der Waals surface area contributed by atoms with Gasteiger partial charge in [0.05, 0.1) is 11.6 Å². The number of nitrogens with one attached hydrogen (secondary N) is 1. The molecule has 0 unspecified atom stereocenters. The Morgan fingerprint density at radius 1 is 1.15 bits per heavy atom. The van der Waals surface area contributed by atoms with Crippen LogP contribution in [0.1, 0.15) is 19.4 Å². The van der Waals surface area contributed by atoms with Crippen molar-refractivity contribution >= 4 is 55.2 Å². The van der Waals surface area contributed by atoms with Crippen LogP contribution in [0.2, 0.25) is 0 Å². The van der Waals surface area contributed by atoms with E-state index in [4.69, 9.17) is 4.74 Å². The summed E-state index contributed by atoms with van der Waals surface area (Å²) < 4.78 is 7.10. The van der Waals surface area contributed by atoms with Gasteiger partial charge in [0.2, 0.25) is 5.91 Å². The van der Waals surface area contributed by atoms with Crippen LogP contribution in [0.4, 0.5) is 11.4 Å². The van der Waals surface area contributed by atoms with E-state index in [1.807, 2.05) is 36.4 Å². The third-order valence-electron chi connectivity index (χ3n) is 3.92. The minimum atomic E-state index is -0.196. The average Bonchev–Trinajstić information content (AvgIpc) is 2.62. The van der Waals surface area contributed by atoms with Crippen LogP contribution in [-0.2, 0) is 4.79 Å². The van der Waals surface area contributed by atoms with Gasteiger partial charge >= 0.3 is 0 Å². The first-order valence-corrected chi connectivity index (χ1v) is 9.94. The van der Waals surface area contributed by atoms with E-state index in [0.29, 0.717) is 5.75 Å². The van der Waals surface area contributed by atoms with Gasteiger partial charge in [0, 0.05) is 40.6 Å². The maximum atomic E-state index is 12.2. The molecule has 0 aliphatic carbocycles. The Kier molecular flexibility index (Phi) is 7.72. The van der Waals surface area contributed by atoms with Crippen LogP contribution in [0, 0.1) is 0 Å². The number of hydrogen-bond donors (Lipinski definition) is 1. The second-order valence-electron chi connectivity index (χ2n) is 5.55. The Bertz CT molecular complexity index is 785. The van der Waals surface area contributed by atoms with Crippen LogP contribution >= 0.6 is 31.9 Å². The van der Waals surface area contributed by atoms with Crippen molar-refractivity contribution in [1.82, 2.24) is 0 Å². The van der Waals surface area contributed by atoms with E-state index in [2.05, 4.69) is 55.9 Å². The van der Waals surface area contributed by atoms with Gasteiger partial charge in [-0.15, -0.1) is 0 Å². The summed E-state index contributed by atoms with van der Waals surface area (Å²) in [6, 6.07) is 11.6. The lowest BCUT2D eigenvalue weighted by molar-refractivity contribution is -0.111. The smallest absolute Gasteiger partial charge is 0.248 e. The number of methoxy groups -OCH3 is 1. The number of nitrogens with zero attached hydrogens (tertiary/aromatic N) is 1. The SMILES string of the molecule is CCN(CC)c1ccc(NC(=O)/C=C/c2cc(Br)cc(Br)c2OC)cc1. The van der Waals surface area contributed by atoms with Crippen molar-refractivity contribution in [3.63, 3.8) is 0 Å². The van der Waals surface area contributed by atoms with Crippen molar-refractivity contribution in [2.45, 2.75) is 13.8 Å². The lowest BCUT2D eigenvalue weighted by Crippen LogP contribution is -2.21.